The Labute approximate surface area is 220 Å². The van der Waals surface area contributed by atoms with E-state index < -0.39 is 85.0 Å². The molecular weight excluding hydrogens is 508 g/mol. The van der Waals surface area contributed by atoms with Crippen LogP contribution in [-0.4, -0.2) is 107 Å². The third-order valence-electron chi connectivity index (χ3n) is 5.75. The number of aliphatic hydroxyl groups is 3. The van der Waals surface area contributed by atoms with Gasteiger partial charge < -0.3 is 51.2 Å². The lowest BCUT2D eigenvalue weighted by molar-refractivity contribution is -0.266. The Morgan fingerprint density at radius 2 is 1.74 bits per heavy atom. The smallest absolute Gasteiger partial charge is 0.328 e. The van der Waals surface area contributed by atoms with Crippen LogP contribution in [0.25, 0.3) is 0 Å². The molecule has 1 fully saturated rings. The van der Waals surface area contributed by atoms with Gasteiger partial charge in [-0.2, -0.15) is 0 Å². The van der Waals surface area contributed by atoms with Gasteiger partial charge in [0.15, 0.2) is 6.29 Å². The third kappa shape index (κ3) is 10.5. The summed E-state index contributed by atoms with van der Waals surface area (Å²) in [6.45, 7) is 5.21. The van der Waals surface area contributed by atoms with Gasteiger partial charge in [-0.1, -0.05) is 13.3 Å². The predicted molar refractivity (Wildman–Crippen MR) is 130 cm³/mol. The summed E-state index contributed by atoms with van der Waals surface area (Å²) in [5.41, 5.74) is 5.15. The van der Waals surface area contributed by atoms with Crippen LogP contribution in [0.1, 0.15) is 53.4 Å². The Balaban J connectivity index is 2.83. The van der Waals surface area contributed by atoms with E-state index in [1.807, 2.05) is 6.92 Å². The van der Waals surface area contributed by atoms with Crippen LogP contribution in [0.5, 0.6) is 0 Å². The fourth-order valence-corrected chi connectivity index (χ4v) is 3.58. The molecular formula is C23H40N4O11. The Kier molecular flexibility index (Phi) is 14.1. The summed E-state index contributed by atoms with van der Waals surface area (Å²) < 4.78 is 15.8. The number of unbranched alkanes of at least 4 members (excludes halogenated alkanes) is 1. The monoisotopic (exact) mass is 548 g/mol. The highest BCUT2D eigenvalue weighted by molar-refractivity contribution is 5.91. The highest BCUT2D eigenvalue weighted by atomic mass is 16.6. The predicted octanol–water partition coefficient (Wildman–Crippen LogP) is -3.07. The maximum absolute atomic E-state index is 12.7. The number of carbonyl (C=O) groups is 5. The van der Waals surface area contributed by atoms with E-state index in [1.54, 1.807) is 0 Å². The number of esters is 1. The summed E-state index contributed by atoms with van der Waals surface area (Å²) in [7, 11) is 0. The molecule has 0 aliphatic carbocycles. The van der Waals surface area contributed by atoms with Crippen LogP contribution in [0.2, 0.25) is 0 Å². The number of rotatable bonds is 15. The molecule has 38 heavy (non-hydrogen) atoms. The summed E-state index contributed by atoms with van der Waals surface area (Å²) in [6.07, 6.45) is -5.90. The number of nitrogens with two attached hydrogens (primary N) is 1. The lowest BCUT2D eigenvalue weighted by Crippen LogP contribution is -2.65. The number of hydrogen-bond acceptors (Lipinski definition) is 11. The molecule has 0 bridgehead atoms. The highest BCUT2D eigenvalue weighted by Crippen LogP contribution is 2.23. The average molecular weight is 549 g/mol. The second-order valence-corrected chi connectivity index (χ2v) is 9.02. The molecule has 4 amide bonds. The minimum atomic E-state index is -1.64. The molecule has 0 radical (unpaired) electrons. The molecule has 15 heteroatoms. The van der Waals surface area contributed by atoms with Gasteiger partial charge in [-0.15, -0.1) is 0 Å². The molecule has 5 unspecified atom stereocenters. The van der Waals surface area contributed by atoms with Crippen molar-refractivity contribution in [1.82, 2.24) is 16.0 Å². The first kappa shape index (κ1) is 33.2. The van der Waals surface area contributed by atoms with E-state index in [0.717, 1.165) is 6.42 Å². The second kappa shape index (κ2) is 16.2. The van der Waals surface area contributed by atoms with Crippen LogP contribution in [0, 0.1) is 0 Å². The van der Waals surface area contributed by atoms with Crippen molar-refractivity contribution in [1.29, 1.82) is 0 Å². The van der Waals surface area contributed by atoms with E-state index >= 15 is 0 Å². The van der Waals surface area contributed by atoms with Gasteiger partial charge in [-0.25, -0.2) is 4.79 Å². The molecule has 0 aromatic rings. The van der Waals surface area contributed by atoms with Gasteiger partial charge >= 0.3 is 5.97 Å². The number of amides is 4. The zero-order valence-electron chi connectivity index (χ0n) is 22.0. The van der Waals surface area contributed by atoms with Crippen LogP contribution < -0.4 is 21.7 Å². The zero-order valence-corrected chi connectivity index (χ0v) is 22.0. The molecule has 1 rings (SSSR count). The fraction of sp³-hybridized carbons (Fsp3) is 0.783. The van der Waals surface area contributed by atoms with Gasteiger partial charge in [0.1, 0.15) is 42.5 Å². The third-order valence-corrected chi connectivity index (χ3v) is 5.75. The highest BCUT2D eigenvalue weighted by Gasteiger charge is 2.47. The first-order chi connectivity index (χ1) is 17.8. The van der Waals surface area contributed by atoms with Crippen LogP contribution in [-0.2, 0) is 38.2 Å². The molecule has 0 aromatic carbocycles. The van der Waals surface area contributed by atoms with Crippen LogP contribution in [0.15, 0.2) is 0 Å². The Bertz CT molecular complexity index is 827. The van der Waals surface area contributed by atoms with Gasteiger partial charge in [-0.05, 0) is 26.7 Å². The minimum Gasteiger partial charge on any atom is -0.464 e. The van der Waals surface area contributed by atoms with Crippen molar-refractivity contribution >= 4 is 29.6 Å². The van der Waals surface area contributed by atoms with Crippen molar-refractivity contribution in [3.63, 3.8) is 0 Å². The van der Waals surface area contributed by atoms with Crippen LogP contribution >= 0.6 is 0 Å². The molecule has 1 aliphatic heterocycles. The van der Waals surface area contributed by atoms with Crippen molar-refractivity contribution in [2.45, 2.75) is 102 Å². The van der Waals surface area contributed by atoms with E-state index in [1.165, 1.54) is 20.8 Å². The second-order valence-electron chi connectivity index (χ2n) is 9.02. The quantitative estimate of drug-likeness (QED) is 0.0801. The number of hydrogen-bond donors (Lipinski definition) is 7. The van der Waals surface area contributed by atoms with Crippen molar-refractivity contribution < 1.29 is 53.5 Å². The summed E-state index contributed by atoms with van der Waals surface area (Å²) in [4.78, 5) is 60.5. The molecule has 8 N–H and O–H groups in total. The van der Waals surface area contributed by atoms with Gasteiger partial charge in [0.2, 0.25) is 23.6 Å². The van der Waals surface area contributed by atoms with E-state index in [-0.39, 0.29) is 19.4 Å². The van der Waals surface area contributed by atoms with Crippen LogP contribution in [0.4, 0.5) is 0 Å². The SMILES string of the molecule is CCCCOC(=O)[C@@H](CCC(N)=O)NC(=O)[C@H](C)NC(=O)[C@@H](C)OC1C(O)C(CO)OC(O)C1NC(C)=O. The van der Waals surface area contributed by atoms with E-state index in [4.69, 9.17) is 19.9 Å². The Morgan fingerprint density at radius 1 is 1.08 bits per heavy atom. The number of carbonyl (C=O) groups excluding carboxylic acids is 5. The van der Waals surface area contributed by atoms with Crippen molar-refractivity contribution in [3.05, 3.63) is 0 Å². The summed E-state index contributed by atoms with van der Waals surface area (Å²) >= 11 is 0. The number of aliphatic hydroxyl groups excluding tert-OH is 3. The molecule has 1 aliphatic rings. The maximum Gasteiger partial charge on any atom is 0.328 e. The van der Waals surface area contributed by atoms with Crippen molar-refractivity contribution in [2.24, 2.45) is 5.73 Å². The summed E-state index contributed by atoms with van der Waals surface area (Å²) in [5, 5.41) is 37.3. The van der Waals surface area contributed by atoms with Gasteiger partial charge in [0.25, 0.3) is 0 Å². The van der Waals surface area contributed by atoms with Gasteiger partial charge in [-0.3, -0.25) is 19.2 Å². The lowest BCUT2D eigenvalue weighted by atomic mass is 9.96. The summed E-state index contributed by atoms with van der Waals surface area (Å²) in [6, 6.07) is -3.58. The van der Waals surface area contributed by atoms with E-state index in [2.05, 4.69) is 16.0 Å². The van der Waals surface area contributed by atoms with Crippen molar-refractivity contribution in [3.8, 4) is 0 Å². The van der Waals surface area contributed by atoms with Gasteiger partial charge in [0.05, 0.1) is 13.2 Å². The molecule has 218 valence electrons. The van der Waals surface area contributed by atoms with Crippen LogP contribution in [0.3, 0.4) is 0 Å². The molecule has 0 saturated carbocycles. The maximum atomic E-state index is 12.7. The molecule has 1 saturated heterocycles. The Morgan fingerprint density at radius 3 is 2.29 bits per heavy atom. The van der Waals surface area contributed by atoms with Gasteiger partial charge in [0, 0.05) is 13.3 Å². The first-order valence-electron chi connectivity index (χ1n) is 12.4. The average Bonchev–Trinajstić information content (AvgIpc) is 2.85. The van der Waals surface area contributed by atoms with E-state index in [0.29, 0.717) is 6.42 Å². The standard InChI is InChI=1S/C23H40N4O11/c1-5-6-9-36-22(34)14(7-8-16(24)30)27-20(32)11(2)25-21(33)12(3)37-19-17(26-13(4)29)23(35)38-15(10-28)18(19)31/h11-12,14-15,17-19,23,28,31,35H,5-10H2,1-4H3,(H2,24,30)(H,25,33)(H,26,29)(H,27,32)/t11-,12+,14+,15?,17?,18?,19?,23?/m0/s1. The summed E-state index contributed by atoms with van der Waals surface area (Å²) in [5.74, 6) is -3.51. The normalized spacial score (nSPS) is 25.4. The minimum absolute atomic E-state index is 0.0905. The number of nitrogens with one attached hydrogen (secondary N) is 3. The number of ether oxygens (including phenoxy) is 3. The molecule has 15 nitrogen and oxygen atoms in total. The van der Waals surface area contributed by atoms with Crippen molar-refractivity contribution in [2.75, 3.05) is 13.2 Å². The lowest BCUT2D eigenvalue weighted by Gasteiger charge is -2.43. The Hall–Kier alpha value is -2.85. The largest absolute Gasteiger partial charge is 0.464 e. The molecule has 0 spiro atoms. The number of primary amides is 1. The zero-order chi connectivity index (χ0) is 29.0. The van der Waals surface area contributed by atoms with E-state index in [9.17, 15) is 39.3 Å². The molecule has 1 heterocycles. The molecule has 8 atom stereocenters. The topological polar surface area (TPSA) is 236 Å². The molecule has 0 aromatic heterocycles. The fourth-order valence-electron chi connectivity index (χ4n) is 3.58. The first-order valence-corrected chi connectivity index (χ1v) is 12.4.